The molecule has 1 fully saturated rings. The lowest BCUT2D eigenvalue weighted by atomic mass is 9.97. The molecule has 0 spiro atoms. The first-order chi connectivity index (χ1) is 12.6. The summed E-state index contributed by atoms with van der Waals surface area (Å²) in [6.45, 7) is 3.34. The van der Waals surface area contributed by atoms with E-state index in [0.717, 1.165) is 22.1 Å². The SMILES string of the molecule is CCOC(=O)C1CCN(C(=O)c2cc3oc4ccccc4c3n2C)CC1. The lowest BCUT2D eigenvalue weighted by Crippen LogP contribution is -2.41. The van der Waals surface area contributed by atoms with Gasteiger partial charge in [-0.1, -0.05) is 12.1 Å². The highest BCUT2D eigenvalue weighted by Crippen LogP contribution is 2.31. The Morgan fingerprint density at radius 2 is 1.92 bits per heavy atom. The average Bonchev–Trinajstić information content (AvgIpc) is 3.18. The molecule has 1 amide bonds. The smallest absolute Gasteiger partial charge is 0.309 e. The minimum Gasteiger partial charge on any atom is -0.466 e. The van der Waals surface area contributed by atoms with E-state index >= 15 is 0 Å². The third-order valence-electron chi connectivity index (χ3n) is 5.18. The van der Waals surface area contributed by atoms with Crippen LogP contribution in [-0.2, 0) is 16.6 Å². The van der Waals surface area contributed by atoms with Crippen molar-refractivity contribution >= 4 is 33.9 Å². The molecule has 2 aromatic heterocycles. The van der Waals surface area contributed by atoms with Gasteiger partial charge in [0.15, 0.2) is 5.58 Å². The van der Waals surface area contributed by atoms with Crippen molar-refractivity contribution in [2.45, 2.75) is 19.8 Å². The molecule has 1 aromatic carbocycles. The number of furan rings is 1. The van der Waals surface area contributed by atoms with Crippen LogP contribution < -0.4 is 0 Å². The van der Waals surface area contributed by atoms with Crippen LogP contribution in [0, 0.1) is 5.92 Å². The molecule has 3 heterocycles. The van der Waals surface area contributed by atoms with Crippen LogP contribution in [0.25, 0.3) is 22.1 Å². The van der Waals surface area contributed by atoms with E-state index in [4.69, 9.17) is 9.15 Å². The van der Waals surface area contributed by atoms with Crippen LogP contribution >= 0.6 is 0 Å². The van der Waals surface area contributed by atoms with Crippen molar-refractivity contribution in [1.82, 2.24) is 9.47 Å². The highest BCUT2D eigenvalue weighted by atomic mass is 16.5. The summed E-state index contributed by atoms with van der Waals surface area (Å²) in [5, 5.41) is 1.00. The molecule has 0 saturated carbocycles. The second-order valence-electron chi connectivity index (χ2n) is 6.72. The maximum Gasteiger partial charge on any atom is 0.309 e. The molecule has 3 aromatic rings. The number of nitrogens with zero attached hydrogens (tertiary/aromatic N) is 2. The molecule has 0 unspecified atom stereocenters. The molecule has 1 aliphatic rings. The molecule has 1 aliphatic heterocycles. The van der Waals surface area contributed by atoms with Gasteiger partial charge in [-0.05, 0) is 31.9 Å². The summed E-state index contributed by atoms with van der Waals surface area (Å²) in [4.78, 5) is 26.6. The van der Waals surface area contributed by atoms with Crippen molar-refractivity contribution in [3.8, 4) is 0 Å². The van der Waals surface area contributed by atoms with Crippen molar-refractivity contribution in [2.75, 3.05) is 19.7 Å². The van der Waals surface area contributed by atoms with E-state index in [1.54, 1.807) is 0 Å². The summed E-state index contributed by atoms with van der Waals surface area (Å²) in [5.74, 6) is -0.277. The monoisotopic (exact) mass is 354 g/mol. The van der Waals surface area contributed by atoms with E-state index in [0.29, 0.717) is 38.2 Å². The number of para-hydroxylation sites is 1. The number of amides is 1. The highest BCUT2D eigenvalue weighted by Gasteiger charge is 2.30. The molecule has 6 nitrogen and oxygen atoms in total. The first kappa shape index (κ1) is 16.7. The Labute approximate surface area is 151 Å². The van der Waals surface area contributed by atoms with Gasteiger partial charge >= 0.3 is 5.97 Å². The standard InChI is InChI=1S/C20H22N2O4/c1-3-25-20(24)13-8-10-22(11-9-13)19(23)15-12-17-18(21(15)2)14-6-4-5-7-16(14)26-17/h4-7,12-13H,3,8-11H2,1-2H3. The number of carbonyl (C=O) groups excluding carboxylic acids is 2. The van der Waals surface area contributed by atoms with Gasteiger partial charge in [-0.25, -0.2) is 0 Å². The lowest BCUT2D eigenvalue weighted by Gasteiger charge is -2.30. The number of fused-ring (bicyclic) bond motifs is 3. The van der Waals surface area contributed by atoms with E-state index in [1.165, 1.54) is 0 Å². The number of piperidine rings is 1. The molecule has 0 N–H and O–H groups in total. The number of aromatic nitrogens is 1. The Kier molecular flexibility index (Phi) is 4.18. The predicted octanol–water partition coefficient (Wildman–Crippen LogP) is 3.34. The topological polar surface area (TPSA) is 64.7 Å². The van der Waals surface area contributed by atoms with Gasteiger partial charge in [0.05, 0.1) is 18.0 Å². The lowest BCUT2D eigenvalue weighted by molar-refractivity contribution is -0.149. The third kappa shape index (κ3) is 2.66. The molecule has 136 valence electrons. The zero-order valence-electron chi connectivity index (χ0n) is 15.0. The van der Waals surface area contributed by atoms with Crippen LogP contribution in [0.15, 0.2) is 34.7 Å². The Balaban J connectivity index is 1.56. The molecule has 0 radical (unpaired) electrons. The van der Waals surface area contributed by atoms with E-state index in [1.807, 2.05) is 53.8 Å². The zero-order valence-corrected chi connectivity index (χ0v) is 15.0. The number of esters is 1. The largest absolute Gasteiger partial charge is 0.466 e. The number of rotatable bonds is 3. The van der Waals surface area contributed by atoms with Crippen LogP contribution in [0.1, 0.15) is 30.3 Å². The molecular formula is C20H22N2O4. The van der Waals surface area contributed by atoms with Crippen molar-refractivity contribution in [1.29, 1.82) is 0 Å². The van der Waals surface area contributed by atoms with E-state index in [-0.39, 0.29) is 17.8 Å². The summed E-state index contributed by atoms with van der Waals surface area (Å²) in [6, 6.07) is 9.64. The second-order valence-corrected chi connectivity index (χ2v) is 6.72. The quantitative estimate of drug-likeness (QED) is 0.677. The van der Waals surface area contributed by atoms with Gasteiger partial charge in [0.2, 0.25) is 0 Å². The van der Waals surface area contributed by atoms with Gasteiger partial charge in [-0.3, -0.25) is 9.59 Å². The van der Waals surface area contributed by atoms with Gasteiger partial charge in [0, 0.05) is 31.6 Å². The minimum absolute atomic E-state index is 0.0229. The fourth-order valence-electron chi connectivity index (χ4n) is 3.78. The molecule has 0 aliphatic carbocycles. The molecule has 0 bridgehead atoms. The number of likely N-dealkylation sites (tertiary alicyclic amines) is 1. The first-order valence-corrected chi connectivity index (χ1v) is 9.03. The Morgan fingerprint density at radius 1 is 1.19 bits per heavy atom. The Bertz CT molecular complexity index is 976. The van der Waals surface area contributed by atoms with Gasteiger partial charge < -0.3 is 18.6 Å². The van der Waals surface area contributed by atoms with E-state index < -0.39 is 0 Å². The Hall–Kier alpha value is -2.76. The summed E-state index contributed by atoms with van der Waals surface area (Å²) in [5.41, 5.74) is 3.09. The summed E-state index contributed by atoms with van der Waals surface area (Å²) >= 11 is 0. The summed E-state index contributed by atoms with van der Waals surface area (Å²) in [7, 11) is 1.89. The van der Waals surface area contributed by atoms with Crippen LogP contribution in [0.5, 0.6) is 0 Å². The maximum atomic E-state index is 13.0. The number of hydrogen-bond acceptors (Lipinski definition) is 4. The number of carbonyl (C=O) groups is 2. The van der Waals surface area contributed by atoms with Gasteiger partial charge in [0.25, 0.3) is 5.91 Å². The zero-order chi connectivity index (χ0) is 18.3. The number of ether oxygens (including phenoxy) is 1. The number of aryl methyl sites for hydroxylation is 1. The Morgan fingerprint density at radius 3 is 2.65 bits per heavy atom. The van der Waals surface area contributed by atoms with Crippen molar-refractivity contribution in [2.24, 2.45) is 13.0 Å². The minimum atomic E-state index is -0.151. The number of benzene rings is 1. The molecule has 1 saturated heterocycles. The average molecular weight is 354 g/mol. The van der Waals surface area contributed by atoms with Crippen LogP contribution in [0.4, 0.5) is 0 Å². The highest BCUT2D eigenvalue weighted by molar-refractivity contribution is 6.07. The van der Waals surface area contributed by atoms with Crippen molar-refractivity contribution in [3.63, 3.8) is 0 Å². The molecule has 6 heteroatoms. The van der Waals surface area contributed by atoms with Gasteiger partial charge in [-0.15, -0.1) is 0 Å². The van der Waals surface area contributed by atoms with Crippen LogP contribution in [-0.4, -0.2) is 41.0 Å². The van der Waals surface area contributed by atoms with Gasteiger partial charge in [0.1, 0.15) is 11.3 Å². The fourth-order valence-corrected chi connectivity index (χ4v) is 3.78. The summed E-state index contributed by atoms with van der Waals surface area (Å²) in [6.07, 6.45) is 1.29. The van der Waals surface area contributed by atoms with E-state index in [9.17, 15) is 9.59 Å². The molecule has 0 atom stereocenters. The normalized spacial score (nSPS) is 15.7. The first-order valence-electron chi connectivity index (χ1n) is 9.03. The second kappa shape index (κ2) is 6.52. The van der Waals surface area contributed by atoms with Gasteiger partial charge in [-0.2, -0.15) is 0 Å². The number of hydrogen-bond donors (Lipinski definition) is 0. The predicted molar refractivity (Wildman–Crippen MR) is 98.0 cm³/mol. The molecule has 4 rings (SSSR count). The molecular weight excluding hydrogens is 332 g/mol. The summed E-state index contributed by atoms with van der Waals surface area (Å²) < 4.78 is 12.9. The van der Waals surface area contributed by atoms with Crippen molar-refractivity contribution in [3.05, 3.63) is 36.0 Å². The third-order valence-corrected chi connectivity index (χ3v) is 5.18. The van der Waals surface area contributed by atoms with Crippen molar-refractivity contribution < 1.29 is 18.7 Å². The van der Waals surface area contributed by atoms with Crippen LogP contribution in [0.3, 0.4) is 0 Å². The maximum absolute atomic E-state index is 13.0. The fraction of sp³-hybridized carbons (Fsp3) is 0.400. The van der Waals surface area contributed by atoms with E-state index in [2.05, 4.69) is 0 Å². The van der Waals surface area contributed by atoms with Crippen LogP contribution in [0.2, 0.25) is 0 Å². The molecule has 26 heavy (non-hydrogen) atoms.